The summed E-state index contributed by atoms with van der Waals surface area (Å²) in [6, 6.07) is 3.90. The summed E-state index contributed by atoms with van der Waals surface area (Å²) < 4.78 is 6.18. The molecule has 1 N–H and O–H groups in total. The maximum atomic E-state index is 5.38. The molecule has 0 spiro atoms. The van der Waals surface area contributed by atoms with E-state index < -0.39 is 0 Å². The fourth-order valence-corrected chi connectivity index (χ4v) is 1.78. The van der Waals surface area contributed by atoms with Crippen molar-refractivity contribution < 1.29 is 4.42 Å². The number of nitrogens with zero attached hydrogens (tertiary/aromatic N) is 1. The minimum Gasteiger partial charge on any atom is -0.453 e. The fourth-order valence-electron chi connectivity index (χ4n) is 1.44. The van der Waals surface area contributed by atoms with Crippen LogP contribution < -0.4 is 5.32 Å². The van der Waals surface area contributed by atoms with Crippen molar-refractivity contribution in [1.82, 2.24) is 10.2 Å². The Morgan fingerprint density at radius 3 is 2.60 bits per heavy atom. The Labute approximate surface area is 100.0 Å². The Balaban J connectivity index is 2.11. The third-order valence-electron chi connectivity index (χ3n) is 2.43. The van der Waals surface area contributed by atoms with E-state index in [2.05, 4.69) is 40.0 Å². The second-order valence-electron chi connectivity index (χ2n) is 3.41. The zero-order chi connectivity index (χ0) is 11.1. The van der Waals surface area contributed by atoms with Crippen LogP contribution in [-0.4, -0.2) is 31.1 Å². The molecule has 4 heteroatoms. The molecule has 0 aromatic carbocycles. The van der Waals surface area contributed by atoms with Crippen LogP contribution in [0.1, 0.15) is 19.6 Å². The minimum atomic E-state index is 0.794. The molecular formula is C11H19BrN2O. The third kappa shape index (κ3) is 4.82. The molecule has 0 atom stereocenters. The Morgan fingerprint density at radius 1 is 1.33 bits per heavy atom. The van der Waals surface area contributed by atoms with Gasteiger partial charge in [-0.1, -0.05) is 13.8 Å². The molecule has 0 bridgehead atoms. The number of likely N-dealkylation sites (N-methyl/N-ethyl adjacent to an activating group) is 1. The van der Waals surface area contributed by atoms with Crippen LogP contribution in [0.5, 0.6) is 0 Å². The summed E-state index contributed by atoms with van der Waals surface area (Å²) in [6.45, 7) is 9.50. The first-order chi connectivity index (χ1) is 7.26. The molecule has 3 nitrogen and oxygen atoms in total. The average Bonchev–Trinajstić information content (AvgIpc) is 2.65. The molecule has 0 unspecified atom stereocenters. The number of nitrogens with one attached hydrogen (secondary N) is 1. The highest BCUT2D eigenvalue weighted by Gasteiger charge is 2.00. The predicted octanol–water partition coefficient (Wildman–Crippen LogP) is 2.47. The lowest BCUT2D eigenvalue weighted by molar-refractivity contribution is 0.300. The topological polar surface area (TPSA) is 28.4 Å². The molecule has 0 saturated heterocycles. The van der Waals surface area contributed by atoms with E-state index in [1.54, 1.807) is 0 Å². The van der Waals surface area contributed by atoms with Gasteiger partial charge in [0.05, 0.1) is 6.54 Å². The first kappa shape index (κ1) is 12.7. The van der Waals surface area contributed by atoms with Crippen LogP contribution in [0, 0.1) is 0 Å². The van der Waals surface area contributed by atoms with E-state index in [1.165, 1.54) is 0 Å². The van der Waals surface area contributed by atoms with Crippen molar-refractivity contribution in [3.05, 3.63) is 22.6 Å². The second-order valence-corrected chi connectivity index (χ2v) is 4.19. The number of hydrogen-bond acceptors (Lipinski definition) is 3. The van der Waals surface area contributed by atoms with Gasteiger partial charge in [-0.05, 0) is 41.2 Å². The number of hydrogen-bond donors (Lipinski definition) is 1. The van der Waals surface area contributed by atoms with Crippen LogP contribution in [0.2, 0.25) is 0 Å². The largest absolute Gasteiger partial charge is 0.453 e. The van der Waals surface area contributed by atoms with Crippen LogP contribution in [-0.2, 0) is 6.54 Å². The Morgan fingerprint density at radius 2 is 2.07 bits per heavy atom. The van der Waals surface area contributed by atoms with E-state index in [0.29, 0.717) is 0 Å². The molecule has 0 aliphatic carbocycles. The van der Waals surface area contributed by atoms with Crippen molar-refractivity contribution in [3.8, 4) is 0 Å². The lowest BCUT2D eigenvalue weighted by atomic mass is 10.4. The molecule has 1 aromatic heterocycles. The molecule has 0 aliphatic rings. The summed E-state index contributed by atoms with van der Waals surface area (Å²) >= 11 is 3.28. The summed E-state index contributed by atoms with van der Waals surface area (Å²) in [7, 11) is 0. The van der Waals surface area contributed by atoms with Crippen molar-refractivity contribution in [3.63, 3.8) is 0 Å². The van der Waals surface area contributed by atoms with Crippen molar-refractivity contribution >= 4 is 15.9 Å². The highest BCUT2D eigenvalue weighted by atomic mass is 79.9. The van der Waals surface area contributed by atoms with Gasteiger partial charge < -0.3 is 14.6 Å². The average molecular weight is 275 g/mol. The summed E-state index contributed by atoms with van der Waals surface area (Å²) in [4.78, 5) is 2.39. The van der Waals surface area contributed by atoms with Crippen molar-refractivity contribution in [1.29, 1.82) is 0 Å². The van der Waals surface area contributed by atoms with Gasteiger partial charge in [0, 0.05) is 13.1 Å². The van der Waals surface area contributed by atoms with E-state index >= 15 is 0 Å². The molecule has 1 rings (SSSR count). The van der Waals surface area contributed by atoms with Gasteiger partial charge in [0.25, 0.3) is 0 Å². The van der Waals surface area contributed by atoms with Crippen LogP contribution in [0.4, 0.5) is 0 Å². The van der Waals surface area contributed by atoms with Gasteiger partial charge >= 0.3 is 0 Å². The van der Waals surface area contributed by atoms with Gasteiger partial charge in [-0.2, -0.15) is 0 Å². The molecule has 0 aliphatic heterocycles. The second kappa shape index (κ2) is 7.04. The zero-order valence-electron chi connectivity index (χ0n) is 9.42. The Kier molecular flexibility index (Phi) is 5.98. The third-order valence-corrected chi connectivity index (χ3v) is 2.85. The van der Waals surface area contributed by atoms with Crippen LogP contribution in [0.25, 0.3) is 0 Å². The van der Waals surface area contributed by atoms with Crippen LogP contribution in [0.15, 0.2) is 21.2 Å². The highest BCUT2D eigenvalue weighted by molar-refractivity contribution is 9.10. The predicted molar refractivity (Wildman–Crippen MR) is 65.9 cm³/mol. The fraction of sp³-hybridized carbons (Fsp3) is 0.636. The number of furan rings is 1. The van der Waals surface area contributed by atoms with Crippen molar-refractivity contribution in [2.75, 3.05) is 26.2 Å². The van der Waals surface area contributed by atoms with E-state index in [9.17, 15) is 0 Å². The quantitative estimate of drug-likeness (QED) is 0.775. The summed E-state index contributed by atoms with van der Waals surface area (Å²) in [5, 5.41) is 3.36. The smallest absolute Gasteiger partial charge is 0.169 e. The normalized spacial score (nSPS) is 11.2. The van der Waals surface area contributed by atoms with Crippen molar-refractivity contribution in [2.45, 2.75) is 20.4 Å². The molecule has 86 valence electrons. The Bertz CT molecular complexity index is 271. The van der Waals surface area contributed by atoms with E-state index in [1.807, 2.05) is 12.1 Å². The van der Waals surface area contributed by atoms with Gasteiger partial charge in [-0.25, -0.2) is 0 Å². The molecule has 1 aromatic rings. The highest BCUT2D eigenvalue weighted by Crippen LogP contribution is 2.13. The lowest BCUT2D eigenvalue weighted by Gasteiger charge is -2.17. The van der Waals surface area contributed by atoms with Crippen molar-refractivity contribution in [2.24, 2.45) is 0 Å². The summed E-state index contributed by atoms with van der Waals surface area (Å²) in [5.74, 6) is 0.974. The zero-order valence-corrected chi connectivity index (χ0v) is 11.0. The number of halogens is 1. The number of rotatable bonds is 7. The lowest BCUT2D eigenvalue weighted by Crippen LogP contribution is -2.31. The first-order valence-corrected chi connectivity index (χ1v) is 6.22. The molecule has 1 heterocycles. The maximum absolute atomic E-state index is 5.38. The summed E-state index contributed by atoms with van der Waals surface area (Å²) in [6.07, 6.45) is 0. The molecule has 15 heavy (non-hydrogen) atoms. The molecular weight excluding hydrogens is 256 g/mol. The van der Waals surface area contributed by atoms with Crippen LogP contribution in [0.3, 0.4) is 0 Å². The SMILES string of the molecule is CCN(CC)CCNCc1ccc(Br)o1. The molecule has 0 amide bonds. The monoisotopic (exact) mass is 274 g/mol. The molecule has 0 saturated carbocycles. The first-order valence-electron chi connectivity index (χ1n) is 5.43. The van der Waals surface area contributed by atoms with Gasteiger partial charge in [-0.15, -0.1) is 0 Å². The van der Waals surface area contributed by atoms with Crippen LogP contribution >= 0.6 is 15.9 Å². The maximum Gasteiger partial charge on any atom is 0.169 e. The van der Waals surface area contributed by atoms with Gasteiger partial charge in [0.15, 0.2) is 4.67 Å². The van der Waals surface area contributed by atoms with Gasteiger partial charge in [0.1, 0.15) is 5.76 Å². The molecule has 0 radical (unpaired) electrons. The molecule has 0 fully saturated rings. The minimum absolute atomic E-state index is 0.794. The van der Waals surface area contributed by atoms with E-state index in [-0.39, 0.29) is 0 Å². The summed E-state index contributed by atoms with van der Waals surface area (Å²) in [5.41, 5.74) is 0. The van der Waals surface area contributed by atoms with Gasteiger partial charge in [0.2, 0.25) is 0 Å². The van der Waals surface area contributed by atoms with E-state index in [4.69, 9.17) is 4.42 Å². The Hall–Kier alpha value is -0.320. The van der Waals surface area contributed by atoms with E-state index in [0.717, 1.165) is 43.2 Å². The van der Waals surface area contributed by atoms with Gasteiger partial charge in [-0.3, -0.25) is 0 Å². The standard InChI is InChI=1S/C11H19BrN2O/c1-3-14(4-2)8-7-13-9-10-5-6-11(12)15-10/h5-6,13H,3-4,7-9H2,1-2H3.